The number of rotatable bonds is 4. The Balaban J connectivity index is 2.06. The molecule has 1 aliphatic heterocycles. The van der Waals surface area contributed by atoms with Crippen molar-refractivity contribution in [3.63, 3.8) is 0 Å². The second-order valence-electron chi connectivity index (χ2n) is 7.30. The number of benzene rings is 1. The summed E-state index contributed by atoms with van der Waals surface area (Å²) in [6, 6.07) is 7.89. The Morgan fingerprint density at radius 1 is 1.22 bits per heavy atom. The lowest BCUT2D eigenvalue weighted by Crippen LogP contribution is -2.43. The van der Waals surface area contributed by atoms with Crippen molar-refractivity contribution in [1.82, 2.24) is 4.90 Å². The molecular weight excluding hydrogens is 290 g/mol. The van der Waals surface area contributed by atoms with Gasteiger partial charge in [0.25, 0.3) is 0 Å². The Morgan fingerprint density at radius 2 is 1.87 bits per heavy atom. The van der Waals surface area contributed by atoms with Gasteiger partial charge in [0, 0.05) is 31.7 Å². The molecule has 1 unspecified atom stereocenters. The van der Waals surface area contributed by atoms with Gasteiger partial charge in [-0.15, -0.1) is 0 Å². The number of methoxy groups -OCH3 is 1. The maximum atomic E-state index is 12.7. The third-order valence-electron chi connectivity index (χ3n) is 4.45. The molecule has 1 aliphatic rings. The molecule has 23 heavy (non-hydrogen) atoms. The normalized spacial score (nSPS) is 18.8. The van der Waals surface area contributed by atoms with E-state index in [1.165, 1.54) is 12.7 Å². The van der Waals surface area contributed by atoms with E-state index in [4.69, 9.17) is 4.74 Å². The highest BCUT2D eigenvalue weighted by Gasteiger charge is 2.29. The van der Waals surface area contributed by atoms with Gasteiger partial charge in [-0.2, -0.15) is 0 Å². The van der Waals surface area contributed by atoms with Crippen LogP contribution < -0.4 is 0 Å². The van der Waals surface area contributed by atoms with Crippen molar-refractivity contribution in [2.24, 2.45) is 5.92 Å². The first kappa shape index (κ1) is 17.7. The molecule has 1 aromatic carbocycles. The van der Waals surface area contributed by atoms with Crippen molar-refractivity contribution in [2.45, 2.75) is 39.0 Å². The standard InChI is InChI=1S/C19H27NO3/c1-19(2,3)16-9-7-14(8-10-16)18(22)15-6-5-11-20(12-15)17(21)13-23-4/h7-10,15H,5-6,11-13H2,1-4H3. The van der Waals surface area contributed by atoms with E-state index in [0.717, 1.165) is 24.9 Å². The number of carbonyl (C=O) groups is 2. The zero-order valence-electron chi connectivity index (χ0n) is 14.6. The van der Waals surface area contributed by atoms with Crippen LogP contribution >= 0.6 is 0 Å². The van der Waals surface area contributed by atoms with Gasteiger partial charge in [0.05, 0.1) is 0 Å². The Hall–Kier alpha value is -1.68. The third-order valence-corrected chi connectivity index (χ3v) is 4.45. The highest BCUT2D eigenvalue weighted by Crippen LogP contribution is 2.25. The Bertz CT molecular complexity index is 557. The smallest absolute Gasteiger partial charge is 0.248 e. The Labute approximate surface area is 138 Å². The molecule has 0 spiro atoms. The van der Waals surface area contributed by atoms with Crippen LogP contribution in [-0.2, 0) is 14.9 Å². The highest BCUT2D eigenvalue weighted by molar-refractivity contribution is 5.98. The van der Waals surface area contributed by atoms with E-state index >= 15 is 0 Å². The van der Waals surface area contributed by atoms with Crippen molar-refractivity contribution in [1.29, 1.82) is 0 Å². The average molecular weight is 317 g/mol. The topological polar surface area (TPSA) is 46.6 Å². The molecule has 0 radical (unpaired) electrons. The van der Waals surface area contributed by atoms with Crippen molar-refractivity contribution in [2.75, 3.05) is 26.8 Å². The predicted octanol–water partition coefficient (Wildman–Crippen LogP) is 3.05. The molecule has 1 heterocycles. The summed E-state index contributed by atoms with van der Waals surface area (Å²) in [6.07, 6.45) is 1.71. The average Bonchev–Trinajstić information content (AvgIpc) is 2.54. The van der Waals surface area contributed by atoms with Gasteiger partial charge in [0.1, 0.15) is 6.61 Å². The molecular formula is C19H27NO3. The van der Waals surface area contributed by atoms with Gasteiger partial charge in [0.2, 0.25) is 5.91 Å². The van der Waals surface area contributed by atoms with Crippen LogP contribution in [0.1, 0.15) is 49.5 Å². The number of amides is 1. The summed E-state index contributed by atoms with van der Waals surface area (Å²) in [6.45, 7) is 7.77. The number of ether oxygens (including phenoxy) is 1. The fourth-order valence-electron chi connectivity index (χ4n) is 3.00. The van der Waals surface area contributed by atoms with Gasteiger partial charge < -0.3 is 9.64 Å². The van der Waals surface area contributed by atoms with Crippen molar-refractivity contribution in [3.8, 4) is 0 Å². The minimum atomic E-state index is -0.106. The number of nitrogens with zero attached hydrogens (tertiary/aromatic N) is 1. The van der Waals surface area contributed by atoms with E-state index in [-0.39, 0.29) is 29.6 Å². The zero-order valence-corrected chi connectivity index (χ0v) is 14.6. The molecule has 0 aromatic heterocycles. The Kier molecular flexibility index (Phi) is 5.58. The van der Waals surface area contributed by atoms with Crippen molar-refractivity contribution < 1.29 is 14.3 Å². The molecule has 1 amide bonds. The second kappa shape index (κ2) is 7.26. The van der Waals surface area contributed by atoms with Crippen LogP contribution in [0.2, 0.25) is 0 Å². The fourth-order valence-corrected chi connectivity index (χ4v) is 3.00. The lowest BCUT2D eigenvalue weighted by atomic mass is 9.85. The number of carbonyl (C=O) groups excluding carboxylic acids is 2. The van der Waals surface area contributed by atoms with Crippen LogP contribution in [0.5, 0.6) is 0 Å². The quantitative estimate of drug-likeness (QED) is 0.802. The molecule has 4 nitrogen and oxygen atoms in total. The van der Waals surface area contributed by atoms with E-state index in [1.807, 2.05) is 24.3 Å². The van der Waals surface area contributed by atoms with E-state index in [9.17, 15) is 9.59 Å². The largest absolute Gasteiger partial charge is 0.375 e. The Morgan fingerprint density at radius 3 is 2.43 bits per heavy atom. The molecule has 0 bridgehead atoms. The van der Waals surface area contributed by atoms with E-state index in [2.05, 4.69) is 20.8 Å². The summed E-state index contributed by atoms with van der Waals surface area (Å²) < 4.78 is 4.91. The molecule has 1 saturated heterocycles. The molecule has 0 N–H and O–H groups in total. The van der Waals surface area contributed by atoms with Gasteiger partial charge in [-0.1, -0.05) is 45.0 Å². The fraction of sp³-hybridized carbons (Fsp3) is 0.579. The molecule has 1 atom stereocenters. The molecule has 1 aromatic rings. The SMILES string of the molecule is COCC(=O)N1CCCC(C(=O)c2ccc(C(C)(C)C)cc2)C1. The van der Waals surface area contributed by atoms with E-state index in [0.29, 0.717) is 6.54 Å². The summed E-state index contributed by atoms with van der Waals surface area (Å²) in [5.74, 6) is -0.00139. The first-order valence-electron chi connectivity index (χ1n) is 8.24. The second-order valence-corrected chi connectivity index (χ2v) is 7.30. The summed E-state index contributed by atoms with van der Waals surface area (Å²) in [5, 5.41) is 0. The molecule has 1 fully saturated rings. The number of Topliss-reactive ketones (excluding diaryl/α,β-unsaturated/α-hetero) is 1. The first-order valence-corrected chi connectivity index (χ1v) is 8.24. The number of piperidine rings is 1. The lowest BCUT2D eigenvalue weighted by Gasteiger charge is -2.32. The maximum absolute atomic E-state index is 12.7. The van der Waals surface area contributed by atoms with E-state index < -0.39 is 0 Å². The van der Waals surface area contributed by atoms with Gasteiger partial charge in [-0.3, -0.25) is 9.59 Å². The van der Waals surface area contributed by atoms with Gasteiger partial charge >= 0.3 is 0 Å². The highest BCUT2D eigenvalue weighted by atomic mass is 16.5. The van der Waals surface area contributed by atoms with Crippen LogP contribution in [-0.4, -0.2) is 43.4 Å². The van der Waals surface area contributed by atoms with E-state index in [1.54, 1.807) is 4.90 Å². The molecule has 126 valence electrons. The van der Waals surface area contributed by atoms with Gasteiger partial charge in [-0.25, -0.2) is 0 Å². The lowest BCUT2D eigenvalue weighted by molar-refractivity contribution is -0.136. The van der Waals surface area contributed by atoms with Gasteiger partial charge in [0.15, 0.2) is 5.78 Å². The zero-order chi connectivity index (χ0) is 17.0. The third kappa shape index (κ3) is 4.41. The van der Waals surface area contributed by atoms with Crippen molar-refractivity contribution in [3.05, 3.63) is 35.4 Å². The summed E-state index contributed by atoms with van der Waals surface area (Å²) in [5.41, 5.74) is 2.04. The summed E-state index contributed by atoms with van der Waals surface area (Å²) >= 11 is 0. The minimum absolute atomic E-state index is 0.0342. The number of hydrogen-bond donors (Lipinski definition) is 0. The molecule has 0 aliphatic carbocycles. The molecule has 2 rings (SSSR count). The van der Waals surface area contributed by atoms with Gasteiger partial charge in [-0.05, 0) is 23.8 Å². The summed E-state index contributed by atoms with van der Waals surface area (Å²) in [7, 11) is 1.52. The summed E-state index contributed by atoms with van der Waals surface area (Å²) in [4.78, 5) is 26.4. The number of ketones is 1. The number of hydrogen-bond acceptors (Lipinski definition) is 3. The predicted molar refractivity (Wildman–Crippen MR) is 90.7 cm³/mol. The molecule has 0 saturated carbocycles. The van der Waals surface area contributed by atoms with Crippen molar-refractivity contribution >= 4 is 11.7 Å². The number of likely N-dealkylation sites (tertiary alicyclic amines) is 1. The molecule has 4 heteroatoms. The van der Waals surface area contributed by atoms with Crippen LogP contribution in [0.4, 0.5) is 0 Å². The van der Waals surface area contributed by atoms with Crippen LogP contribution in [0.15, 0.2) is 24.3 Å². The van der Waals surface area contributed by atoms with Crippen LogP contribution in [0.25, 0.3) is 0 Å². The van der Waals surface area contributed by atoms with Crippen LogP contribution in [0.3, 0.4) is 0 Å². The monoisotopic (exact) mass is 317 g/mol. The first-order chi connectivity index (χ1) is 10.8. The maximum Gasteiger partial charge on any atom is 0.248 e. The van der Waals surface area contributed by atoms with Crippen LogP contribution in [0, 0.1) is 5.92 Å². The minimum Gasteiger partial charge on any atom is -0.375 e.